The van der Waals surface area contributed by atoms with E-state index >= 15 is 0 Å². The second kappa shape index (κ2) is 7.69. The van der Waals surface area contributed by atoms with Crippen LogP contribution in [0, 0.1) is 16.0 Å². The molecule has 0 N–H and O–H groups in total. The van der Waals surface area contributed by atoms with E-state index in [1.54, 1.807) is 12.1 Å². The SMILES string of the molecule is C[C](C)CCCCCOc1ccc([N+](=O)[O-])cc1. The van der Waals surface area contributed by atoms with Crippen molar-refractivity contribution in [2.45, 2.75) is 39.5 Å². The van der Waals surface area contributed by atoms with E-state index in [0.29, 0.717) is 12.4 Å². The molecule has 4 nitrogen and oxygen atoms in total. The second-order valence-electron chi connectivity index (χ2n) is 4.62. The van der Waals surface area contributed by atoms with Gasteiger partial charge in [0.2, 0.25) is 0 Å². The fourth-order valence-corrected chi connectivity index (χ4v) is 1.61. The van der Waals surface area contributed by atoms with E-state index in [0.717, 1.165) is 12.8 Å². The van der Waals surface area contributed by atoms with Gasteiger partial charge in [-0.2, -0.15) is 0 Å². The topological polar surface area (TPSA) is 52.4 Å². The van der Waals surface area contributed by atoms with Crippen molar-refractivity contribution in [2.75, 3.05) is 6.61 Å². The van der Waals surface area contributed by atoms with Crippen molar-refractivity contribution in [3.63, 3.8) is 0 Å². The Bertz CT molecular complexity index is 360. The van der Waals surface area contributed by atoms with Crippen LogP contribution in [0.15, 0.2) is 24.3 Å². The molecule has 0 aliphatic carbocycles. The molecule has 0 spiro atoms. The van der Waals surface area contributed by atoms with E-state index in [1.165, 1.54) is 30.9 Å². The molecule has 4 heteroatoms. The number of hydrogen-bond donors (Lipinski definition) is 0. The molecule has 1 aromatic carbocycles. The Labute approximate surface area is 108 Å². The number of ether oxygens (including phenoxy) is 1. The lowest BCUT2D eigenvalue weighted by atomic mass is 10.1. The summed E-state index contributed by atoms with van der Waals surface area (Å²) in [7, 11) is 0. The first-order chi connectivity index (χ1) is 8.59. The Morgan fingerprint density at radius 1 is 1.17 bits per heavy atom. The molecule has 0 saturated carbocycles. The summed E-state index contributed by atoms with van der Waals surface area (Å²) in [6.45, 7) is 4.96. The first-order valence-corrected chi connectivity index (χ1v) is 6.26. The number of benzene rings is 1. The fraction of sp³-hybridized carbons (Fsp3) is 0.500. The lowest BCUT2D eigenvalue weighted by Crippen LogP contribution is -1.98. The Morgan fingerprint density at radius 3 is 2.39 bits per heavy atom. The maximum atomic E-state index is 10.5. The van der Waals surface area contributed by atoms with Crippen molar-refractivity contribution in [1.82, 2.24) is 0 Å². The van der Waals surface area contributed by atoms with Crippen molar-refractivity contribution in [2.24, 2.45) is 0 Å². The lowest BCUT2D eigenvalue weighted by Gasteiger charge is -2.06. The van der Waals surface area contributed by atoms with Crippen LogP contribution in [0.3, 0.4) is 0 Å². The van der Waals surface area contributed by atoms with Crippen LogP contribution in [-0.2, 0) is 0 Å². The number of nitrogens with zero attached hydrogens (tertiary/aromatic N) is 1. The van der Waals surface area contributed by atoms with Crippen molar-refractivity contribution >= 4 is 5.69 Å². The van der Waals surface area contributed by atoms with Crippen LogP contribution in [-0.4, -0.2) is 11.5 Å². The van der Waals surface area contributed by atoms with E-state index < -0.39 is 4.92 Å². The van der Waals surface area contributed by atoms with Crippen LogP contribution >= 0.6 is 0 Å². The highest BCUT2D eigenvalue weighted by molar-refractivity contribution is 5.35. The molecule has 99 valence electrons. The summed E-state index contributed by atoms with van der Waals surface area (Å²) < 4.78 is 5.52. The highest BCUT2D eigenvalue weighted by Crippen LogP contribution is 2.17. The first kappa shape index (κ1) is 14.5. The summed E-state index contributed by atoms with van der Waals surface area (Å²) in [5.74, 6) is 2.16. The second-order valence-corrected chi connectivity index (χ2v) is 4.62. The van der Waals surface area contributed by atoms with Crippen molar-refractivity contribution in [1.29, 1.82) is 0 Å². The molecule has 1 rings (SSSR count). The predicted octanol–water partition coefficient (Wildman–Crippen LogP) is 4.15. The summed E-state index contributed by atoms with van der Waals surface area (Å²) in [6, 6.07) is 6.21. The average molecular weight is 250 g/mol. The van der Waals surface area contributed by atoms with Gasteiger partial charge in [0.25, 0.3) is 5.69 Å². The third kappa shape index (κ3) is 5.66. The van der Waals surface area contributed by atoms with Crippen LogP contribution in [0.25, 0.3) is 0 Å². The Balaban J connectivity index is 2.17. The normalized spacial score (nSPS) is 10.6. The molecule has 18 heavy (non-hydrogen) atoms. The number of nitro groups is 1. The standard InChI is InChI=1S/C14H20NO3/c1-12(2)6-4-3-5-11-18-14-9-7-13(8-10-14)15(16)17/h7-10H,3-6,11H2,1-2H3. The summed E-state index contributed by atoms with van der Waals surface area (Å²) in [5, 5.41) is 10.5. The van der Waals surface area contributed by atoms with E-state index in [4.69, 9.17) is 4.74 Å². The third-order valence-corrected chi connectivity index (χ3v) is 2.64. The minimum atomic E-state index is -0.409. The van der Waals surface area contributed by atoms with E-state index in [1.807, 2.05) is 0 Å². The van der Waals surface area contributed by atoms with Gasteiger partial charge in [0.1, 0.15) is 5.75 Å². The van der Waals surface area contributed by atoms with E-state index in [2.05, 4.69) is 13.8 Å². The zero-order chi connectivity index (χ0) is 13.4. The minimum Gasteiger partial charge on any atom is -0.494 e. The van der Waals surface area contributed by atoms with Gasteiger partial charge >= 0.3 is 0 Å². The first-order valence-electron chi connectivity index (χ1n) is 6.26. The lowest BCUT2D eigenvalue weighted by molar-refractivity contribution is -0.384. The van der Waals surface area contributed by atoms with Crippen molar-refractivity contribution in [3.8, 4) is 5.75 Å². The molecule has 0 amide bonds. The molecule has 0 aliphatic heterocycles. The number of rotatable bonds is 8. The third-order valence-electron chi connectivity index (χ3n) is 2.64. The Kier molecular flexibility index (Phi) is 6.19. The molecule has 0 heterocycles. The van der Waals surface area contributed by atoms with Gasteiger partial charge in [-0.3, -0.25) is 10.1 Å². The highest BCUT2D eigenvalue weighted by Gasteiger charge is 2.04. The van der Waals surface area contributed by atoms with Gasteiger partial charge in [-0.25, -0.2) is 0 Å². The van der Waals surface area contributed by atoms with Gasteiger partial charge in [0.05, 0.1) is 11.5 Å². The number of nitro benzene ring substituents is 1. The Hall–Kier alpha value is -1.58. The van der Waals surface area contributed by atoms with Crippen LogP contribution in [0.2, 0.25) is 0 Å². The van der Waals surface area contributed by atoms with Crippen LogP contribution < -0.4 is 4.74 Å². The minimum absolute atomic E-state index is 0.0938. The number of hydrogen-bond acceptors (Lipinski definition) is 3. The van der Waals surface area contributed by atoms with Gasteiger partial charge < -0.3 is 4.74 Å². The molecular formula is C14H20NO3. The van der Waals surface area contributed by atoms with Crippen molar-refractivity contribution < 1.29 is 9.66 Å². The molecule has 0 unspecified atom stereocenters. The predicted molar refractivity (Wildman–Crippen MR) is 71.7 cm³/mol. The summed E-state index contributed by atoms with van der Waals surface area (Å²) in [4.78, 5) is 10.1. The zero-order valence-corrected chi connectivity index (χ0v) is 11.0. The largest absolute Gasteiger partial charge is 0.494 e. The maximum absolute atomic E-state index is 10.5. The van der Waals surface area contributed by atoms with Crippen LogP contribution in [0.4, 0.5) is 5.69 Å². The summed E-state index contributed by atoms with van der Waals surface area (Å²) in [5.41, 5.74) is 0.0938. The van der Waals surface area contributed by atoms with Gasteiger partial charge in [0.15, 0.2) is 0 Å². The molecule has 1 aromatic rings. The van der Waals surface area contributed by atoms with Gasteiger partial charge in [0, 0.05) is 12.1 Å². The summed E-state index contributed by atoms with van der Waals surface area (Å²) >= 11 is 0. The zero-order valence-electron chi connectivity index (χ0n) is 11.0. The van der Waals surface area contributed by atoms with E-state index in [-0.39, 0.29) is 5.69 Å². The van der Waals surface area contributed by atoms with Gasteiger partial charge in [-0.05, 0) is 30.9 Å². The van der Waals surface area contributed by atoms with Crippen LogP contribution in [0.5, 0.6) is 5.75 Å². The quantitative estimate of drug-likeness (QED) is 0.395. The fourth-order valence-electron chi connectivity index (χ4n) is 1.61. The molecule has 1 radical (unpaired) electrons. The molecule has 0 atom stereocenters. The Morgan fingerprint density at radius 2 is 1.83 bits per heavy atom. The van der Waals surface area contributed by atoms with Gasteiger partial charge in [-0.1, -0.05) is 26.7 Å². The van der Waals surface area contributed by atoms with Gasteiger partial charge in [-0.15, -0.1) is 0 Å². The van der Waals surface area contributed by atoms with Crippen LogP contribution in [0.1, 0.15) is 39.5 Å². The molecule has 0 aromatic heterocycles. The molecule has 0 aliphatic rings. The highest BCUT2D eigenvalue weighted by atomic mass is 16.6. The monoisotopic (exact) mass is 250 g/mol. The molecular weight excluding hydrogens is 230 g/mol. The maximum Gasteiger partial charge on any atom is 0.269 e. The number of non-ortho nitro benzene ring substituents is 1. The summed E-state index contributed by atoms with van der Waals surface area (Å²) in [6.07, 6.45) is 4.55. The average Bonchev–Trinajstić information content (AvgIpc) is 2.34. The smallest absolute Gasteiger partial charge is 0.269 e. The number of unbranched alkanes of at least 4 members (excludes halogenated alkanes) is 2. The van der Waals surface area contributed by atoms with E-state index in [9.17, 15) is 10.1 Å². The molecule has 0 saturated heterocycles. The molecule has 0 bridgehead atoms. The van der Waals surface area contributed by atoms with Crippen molar-refractivity contribution in [3.05, 3.63) is 40.3 Å². The molecule has 0 fully saturated rings.